The van der Waals surface area contributed by atoms with Gasteiger partial charge in [-0.05, 0) is 25.0 Å². The molecule has 0 unspecified atom stereocenters. The fourth-order valence-electron chi connectivity index (χ4n) is 2.91. The van der Waals surface area contributed by atoms with Crippen LogP contribution in [0.3, 0.4) is 0 Å². The number of unbranched alkanes of at least 4 members (excludes halogenated alkanes) is 1. The van der Waals surface area contributed by atoms with Crippen molar-refractivity contribution in [2.45, 2.75) is 19.3 Å². The number of pyridine rings is 2. The van der Waals surface area contributed by atoms with E-state index in [0.29, 0.717) is 56.7 Å². The monoisotopic (exact) mass is 451 g/mol. The number of aliphatic carboxylic acids is 1. The molecule has 3 rings (SSSR count). The summed E-state index contributed by atoms with van der Waals surface area (Å²) in [6, 6.07) is 4.87. The van der Waals surface area contributed by atoms with E-state index in [9.17, 15) is 9.59 Å². The lowest BCUT2D eigenvalue weighted by Crippen LogP contribution is -2.09. The lowest BCUT2D eigenvalue weighted by molar-refractivity contribution is -0.137. The molecule has 0 aliphatic heterocycles. The van der Waals surface area contributed by atoms with Gasteiger partial charge in [-0.2, -0.15) is 0 Å². The minimum Gasteiger partial charge on any atom is -0.493 e. The first-order valence-corrected chi connectivity index (χ1v) is 9.81. The molecule has 0 aliphatic carbocycles. The maximum atomic E-state index is 12.3. The fraction of sp³-hybridized carbons (Fsp3) is 0.250. The van der Waals surface area contributed by atoms with E-state index in [-0.39, 0.29) is 18.6 Å². The van der Waals surface area contributed by atoms with E-state index in [1.807, 2.05) is 0 Å². The predicted molar refractivity (Wildman–Crippen MR) is 116 cm³/mol. The summed E-state index contributed by atoms with van der Waals surface area (Å²) in [5.74, 6) is -0.0577. The van der Waals surface area contributed by atoms with Crippen molar-refractivity contribution in [3.8, 4) is 11.5 Å². The number of H-pyrrole nitrogens is 1. The topological polar surface area (TPSA) is 114 Å². The number of benzene rings is 1. The molecule has 1 aromatic carbocycles. The van der Waals surface area contributed by atoms with Crippen molar-refractivity contribution >= 4 is 51.4 Å². The molecular weight excluding hydrogens is 433 g/mol. The van der Waals surface area contributed by atoms with Gasteiger partial charge in [0.15, 0.2) is 11.5 Å². The number of anilines is 2. The van der Waals surface area contributed by atoms with E-state index >= 15 is 0 Å². The second kappa shape index (κ2) is 9.69. The van der Waals surface area contributed by atoms with Gasteiger partial charge in [0.25, 0.3) is 5.56 Å². The summed E-state index contributed by atoms with van der Waals surface area (Å²) in [6.45, 7) is 0.268. The zero-order valence-corrected chi connectivity index (χ0v) is 17.5. The van der Waals surface area contributed by atoms with Crippen molar-refractivity contribution in [1.82, 2.24) is 9.97 Å². The van der Waals surface area contributed by atoms with Crippen LogP contribution in [-0.4, -0.2) is 34.8 Å². The Kier molecular flexibility index (Phi) is 7.02. The van der Waals surface area contributed by atoms with Crippen molar-refractivity contribution in [2.24, 2.45) is 0 Å². The molecule has 3 aromatic rings. The highest BCUT2D eigenvalue weighted by Gasteiger charge is 2.16. The van der Waals surface area contributed by atoms with Crippen molar-refractivity contribution in [1.29, 1.82) is 0 Å². The van der Waals surface area contributed by atoms with Gasteiger partial charge >= 0.3 is 5.97 Å². The molecule has 10 heteroatoms. The number of nitrogens with one attached hydrogen (secondary N) is 2. The standard InChI is InChI=1S/C20H19Cl2N3O5/c1-29-15-6-5-11-14(24-19-12(21)9-23-10-13(19)22)8-16(26)25-18(11)20(15)30-7-3-2-4-17(27)28/h5-6,8-10H,2-4,7H2,1H3,(H,27,28)(H2,23,24,25,26). The zero-order valence-electron chi connectivity index (χ0n) is 16.0. The van der Waals surface area contributed by atoms with Gasteiger partial charge in [-0.25, -0.2) is 0 Å². The number of ether oxygens (including phenoxy) is 2. The van der Waals surface area contributed by atoms with Gasteiger partial charge in [0.2, 0.25) is 0 Å². The summed E-state index contributed by atoms with van der Waals surface area (Å²) in [6.07, 6.45) is 3.97. The third kappa shape index (κ3) is 4.95. The molecule has 0 aliphatic rings. The Bertz CT molecular complexity index is 1110. The molecule has 30 heavy (non-hydrogen) atoms. The van der Waals surface area contributed by atoms with Crippen LogP contribution >= 0.6 is 23.2 Å². The normalized spacial score (nSPS) is 10.8. The van der Waals surface area contributed by atoms with Crippen LogP contribution in [0.15, 0.2) is 35.4 Å². The second-order valence-electron chi connectivity index (χ2n) is 6.37. The Hall–Kier alpha value is -2.97. The molecule has 2 aromatic heterocycles. The van der Waals surface area contributed by atoms with Gasteiger partial charge in [0.1, 0.15) is 0 Å². The summed E-state index contributed by atoms with van der Waals surface area (Å²) in [7, 11) is 1.50. The Labute approximate surface area is 181 Å². The summed E-state index contributed by atoms with van der Waals surface area (Å²) < 4.78 is 11.2. The van der Waals surface area contributed by atoms with Gasteiger partial charge in [-0.1, -0.05) is 23.2 Å². The van der Waals surface area contributed by atoms with E-state index in [1.54, 1.807) is 12.1 Å². The van der Waals surface area contributed by atoms with Crippen LogP contribution < -0.4 is 20.3 Å². The number of aromatic amines is 1. The van der Waals surface area contributed by atoms with Gasteiger partial charge in [-0.15, -0.1) is 0 Å². The van der Waals surface area contributed by atoms with Crippen LogP contribution in [0.4, 0.5) is 11.4 Å². The molecule has 8 nitrogen and oxygen atoms in total. The number of hydrogen-bond acceptors (Lipinski definition) is 6. The molecule has 0 saturated heterocycles. The smallest absolute Gasteiger partial charge is 0.303 e. The number of methoxy groups -OCH3 is 1. The Balaban J connectivity index is 1.98. The summed E-state index contributed by atoms with van der Waals surface area (Å²) in [5.41, 5.74) is 0.966. The number of nitrogens with zero attached hydrogens (tertiary/aromatic N) is 1. The number of carbonyl (C=O) groups is 1. The molecule has 0 atom stereocenters. The quantitative estimate of drug-likeness (QED) is 0.406. The first-order chi connectivity index (χ1) is 14.4. The van der Waals surface area contributed by atoms with Crippen LogP contribution in [-0.2, 0) is 4.79 Å². The minimum absolute atomic E-state index is 0.0639. The Morgan fingerprint density at radius 2 is 1.97 bits per heavy atom. The van der Waals surface area contributed by atoms with Crippen LogP contribution in [0, 0.1) is 0 Å². The number of carboxylic acid groups (broad SMARTS) is 1. The first kappa shape index (κ1) is 21.7. The molecule has 2 heterocycles. The van der Waals surface area contributed by atoms with Gasteiger partial charge in [0, 0.05) is 30.3 Å². The van der Waals surface area contributed by atoms with Gasteiger partial charge in [0.05, 0.1) is 40.7 Å². The Morgan fingerprint density at radius 3 is 2.63 bits per heavy atom. The highest BCUT2D eigenvalue weighted by Crippen LogP contribution is 2.39. The first-order valence-electron chi connectivity index (χ1n) is 9.05. The summed E-state index contributed by atoms with van der Waals surface area (Å²) in [4.78, 5) is 29.7. The number of hydrogen-bond donors (Lipinski definition) is 3. The van der Waals surface area contributed by atoms with Crippen LogP contribution in [0.25, 0.3) is 10.9 Å². The third-order valence-electron chi connectivity index (χ3n) is 4.30. The van der Waals surface area contributed by atoms with Gasteiger partial charge < -0.3 is 24.9 Å². The molecule has 0 spiro atoms. The van der Waals surface area contributed by atoms with Crippen molar-refractivity contribution in [3.63, 3.8) is 0 Å². The molecule has 0 amide bonds. The van der Waals surface area contributed by atoms with Crippen LogP contribution in [0.2, 0.25) is 10.0 Å². The van der Waals surface area contributed by atoms with E-state index in [4.69, 9.17) is 37.8 Å². The summed E-state index contributed by atoms with van der Waals surface area (Å²) >= 11 is 12.4. The van der Waals surface area contributed by atoms with E-state index in [2.05, 4.69) is 15.3 Å². The molecule has 0 radical (unpaired) electrons. The predicted octanol–water partition coefficient (Wildman–Crippen LogP) is 4.62. The van der Waals surface area contributed by atoms with E-state index in [1.165, 1.54) is 25.6 Å². The average Bonchev–Trinajstić information content (AvgIpc) is 2.70. The molecular formula is C20H19Cl2N3O5. The van der Waals surface area contributed by atoms with Crippen molar-refractivity contribution in [3.05, 3.63) is 51.0 Å². The van der Waals surface area contributed by atoms with E-state index < -0.39 is 5.97 Å². The minimum atomic E-state index is -0.855. The fourth-order valence-corrected chi connectivity index (χ4v) is 3.36. The van der Waals surface area contributed by atoms with Crippen LogP contribution in [0.1, 0.15) is 19.3 Å². The lowest BCUT2D eigenvalue weighted by Gasteiger charge is -2.16. The van der Waals surface area contributed by atoms with Crippen molar-refractivity contribution < 1.29 is 19.4 Å². The largest absolute Gasteiger partial charge is 0.493 e. The molecule has 0 saturated carbocycles. The number of halogens is 2. The lowest BCUT2D eigenvalue weighted by atomic mass is 10.1. The average molecular weight is 452 g/mol. The number of aromatic nitrogens is 2. The number of carboxylic acids is 1. The molecule has 158 valence electrons. The second-order valence-corrected chi connectivity index (χ2v) is 7.18. The third-order valence-corrected chi connectivity index (χ3v) is 4.87. The number of fused-ring (bicyclic) bond motifs is 1. The Morgan fingerprint density at radius 1 is 1.23 bits per heavy atom. The summed E-state index contributed by atoms with van der Waals surface area (Å²) in [5, 5.41) is 13.1. The van der Waals surface area contributed by atoms with E-state index in [0.717, 1.165) is 0 Å². The zero-order chi connectivity index (χ0) is 21.7. The maximum absolute atomic E-state index is 12.3. The SMILES string of the molecule is COc1ccc2c(Nc3c(Cl)cncc3Cl)cc(=O)[nH]c2c1OCCCCC(=O)O. The molecule has 0 fully saturated rings. The maximum Gasteiger partial charge on any atom is 0.303 e. The number of rotatable bonds is 9. The molecule has 0 bridgehead atoms. The highest BCUT2D eigenvalue weighted by atomic mass is 35.5. The van der Waals surface area contributed by atoms with Gasteiger partial charge in [-0.3, -0.25) is 14.6 Å². The molecule has 3 N–H and O–H groups in total. The van der Waals surface area contributed by atoms with Crippen molar-refractivity contribution in [2.75, 3.05) is 19.0 Å². The van der Waals surface area contributed by atoms with Crippen LogP contribution in [0.5, 0.6) is 11.5 Å². The highest BCUT2D eigenvalue weighted by molar-refractivity contribution is 6.39.